The highest BCUT2D eigenvalue weighted by molar-refractivity contribution is 4.90. The quantitative estimate of drug-likeness (QED) is 0.848. The molecule has 96 valence electrons. The summed E-state index contributed by atoms with van der Waals surface area (Å²) in [6.07, 6.45) is 8.28. The van der Waals surface area contributed by atoms with Gasteiger partial charge in [-0.3, -0.25) is 4.68 Å². The molecule has 1 fully saturated rings. The molecule has 0 saturated heterocycles. The maximum Gasteiger partial charge on any atom is 0.138 e. The molecule has 1 aliphatic rings. The van der Waals surface area contributed by atoms with Gasteiger partial charge in [0, 0.05) is 13.0 Å². The fourth-order valence-electron chi connectivity index (χ4n) is 3.03. The van der Waals surface area contributed by atoms with Crippen LogP contribution in [0.15, 0.2) is 6.33 Å². The van der Waals surface area contributed by atoms with Crippen molar-refractivity contribution < 1.29 is 0 Å². The Hall–Kier alpha value is -0.900. The summed E-state index contributed by atoms with van der Waals surface area (Å²) in [6.45, 7) is 4.20. The smallest absolute Gasteiger partial charge is 0.138 e. The molecule has 1 aromatic heterocycles. The SMILES string of the molecule is CCn1ncnc1CC1CCCCC1CNC. The molecular weight excluding hydrogens is 212 g/mol. The molecule has 0 spiro atoms. The number of hydrogen-bond donors (Lipinski definition) is 1. The van der Waals surface area contributed by atoms with Crippen molar-refractivity contribution in [3.63, 3.8) is 0 Å². The van der Waals surface area contributed by atoms with Crippen LogP contribution in [0, 0.1) is 11.8 Å². The monoisotopic (exact) mass is 236 g/mol. The molecule has 1 heterocycles. The summed E-state index contributed by atoms with van der Waals surface area (Å²) in [5.74, 6) is 2.77. The van der Waals surface area contributed by atoms with Gasteiger partial charge in [0.05, 0.1) is 0 Å². The van der Waals surface area contributed by atoms with E-state index in [1.807, 2.05) is 4.68 Å². The van der Waals surface area contributed by atoms with Gasteiger partial charge < -0.3 is 5.32 Å². The van der Waals surface area contributed by atoms with Crippen molar-refractivity contribution in [1.82, 2.24) is 20.1 Å². The molecule has 2 atom stereocenters. The molecule has 0 amide bonds. The van der Waals surface area contributed by atoms with E-state index in [1.54, 1.807) is 6.33 Å². The Kier molecular flexibility index (Phi) is 4.54. The van der Waals surface area contributed by atoms with Crippen molar-refractivity contribution in [3.8, 4) is 0 Å². The van der Waals surface area contributed by atoms with Gasteiger partial charge in [0.15, 0.2) is 0 Å². The van der Waals surface area contributed by atoms with Crippen LogP contribution in [0.25, 0.3) is 0 Å². The molecule has 1 aromatic rings. The largest absolute Gasteiger partial charge is 0.319 e. The first-order valence-electron chi connectivity index (χ1n) is 6.86. The summed E-state index contributed by atoms with van der Waals surface area (Å²) in [7, 11) is 2.06. The van der Waals surface area contributed by atoms with Crippen molar-refractivity contribution in [2.24, 2.45) is 11.8 Å². The number of hydrogen-bond acceptors (Lipinski definition) is 3. The molecule has 4 nitrogen and oxygen atoms in total. The lowest BCUT2D eigenvalue weighted by molar-refractivity contribution is 0.227. The van der Waals surface area contributed by atoms with Crippen LogP contribution in [0.4, 0.5) is 0 Å². The first-order chi connectivity index (χ1) is 8.35. The minimum absolute atomic E-state index is 0.783. The van der Waals surface area contributed by atoms with E-state index in [9.17, 15) is 0 Å². The van der Waals surface area contributed by atoms with Gasteiger partial charge >= 0.3 is 0 Å². The molecule has 0 radical (unpaired) electrons. The maximum atomic E-state index is 4.41. The molecule has 1 aliphatic carbocycles. The van der Waals surface area contributed by atoms with Gasteiger partial charge in [-0.2, -0.15) is 5.10 Å². The van der Waals surface area contributed by atoms with Gasteiger partial charge in [0.2, 0.25) is 0 Å². The van der Waals surface area contributed by atoms with Crippen molar-refractivity contribution in [2.45, 2.75) is 45.6 Å². The summed E-state index contributed by atoms with van der Waals surface area (Å²) in [4.78, 5) is 4.41. The maximum absolute atomic E-state index is 4.41. The summed E-state index contributed by atoms with van der Waals surface area (Å²) in [6, 6.07) is 0. The molecule has 0 aromatic carbocycles. The molecule has 1 saturated carbocycles. The van der Waals surface area contributed by atoms with Gasteiger partial charge in [0.1, 0.15) is 12.2 Å². The normalized spacial score (nSPS) is 25.1. The van der Waals surface area contributed by atoms with Crippen LogP contribution < -0.4 is 5.32 Å². The molecule has 4 heteroatoms. The Bertz CT molecular complexity index is 332. The van der Waals surface area contributed by atoms with E-state index in [-0.39, 0.29) is 0 Å². The predicted octanol–water partition coefficient (Wildman–Crippen LogP) is 1.87. The van der Waals surface area contributed by atoms with E-state index < -0.39 is 0 Å². The average Bonchev–Trinajstić information content (AvgIpc) is 2.79. The lowest BCUT2D eigenvalue weighted by Gasteiger charge is -2.31. The van der Waals surface area contributed by atoms with Gasteiger partial charge in [0.25, 0.3) is 0 Å². The molecule has 0 bridgehead atoms. The van der Waals surface area contributed by atoms with Crippen LogP contribution in [0.5, 0.6) is 0 Å². The molecule has 0 aliphatic heterocycles. The number of nitrogens with one attached hydrogen (secondary N) is 1. The zero-order chi connectivity index (χ0) is 12.1. The van der Waals surface area contributed by atoms with Crippen LogP contribution >= 0.6 is 0 Å². The number of aryl methyl sites for hydroxylation is 1. The topological polar surface area (TPSA) is 42.7 Å². The summed E-state index contributed by atoms with van der Waals surface area (Å²) in [5, 5.41) is 7.59. The molecular formula is C13H24N4. The van der Waals surface area contributed by atoms with E-state index in [0.717, 1.165) is 31.3 Å². The van der Waals surface area contributed by atoms with E-state index in [4.69, 9.17) is 0 Å². The summed E-state index contributed by atoms with van der Waals surface area (Å²) < 4.78 is 2.03. The van der Waals surface area contributed by atoms with Gasteiger partial charge in [-0.05, 0) is 45.2 Å². The van der Waals surface area contributed by atoms with E-state index in [2.05, 4.69) is 29.4 Å². The zero-order valence-electron chi connectivity index (χ0n) is 11.0. The standard InChI is InChI=1S/C13H24N4/c1-3-17-13(15-10-16-17)8-11-6-4-5-7-12(11)9-14-2/h10-12,14H,3-9H2,1-2H3. The van der Waals surface area contributed by atoms with Gasteiger partial charge in [-0.15, -0.1) is 0 Å². The average molecular weight is 236 g/mol. The fraction of sp³-hybridized carbons (Fsp3) is 0.846. The minimum atomic E-state index is 0.783. The fourth-order valence-corrected chi connectivity index (χ4v) is 3.03. The van der Waals surface area contributed by atoms with Crippen LogP contribution in [-0.2, 0) is 13.0 Å². The highest BCUT2D eigenvalue weighted by Crippen LogP contribution is 2.31. The predicted molar refractivity (Wildman–Crippen MR) is 68.8 cm³/mol. The van der Waals surface area contributed by atoms with Crippen molar-refractivity contribution in [1.29, 1.82) is 0 Å². The first kappa shape index (κ1) is 12.6. The minimum Gasteiger partial charge on any atom is -0.319 e. The Morgan fingerprint density at radius 3 is 2.82 bits per heavy atom. The second-order valence-corrected chi connectivity index (χ2v) is 5.06. The number of aromatic nitrogens is 3. The Morgan fingerprint density at radius 2 is 2.12 bits per heavy atom. The molecule has 1 N–H and O–H groups in total. The van der Waals surface area contributed by atoms with E-state index >= 15 is 0 Å². The van der Waals surface area contributed by atoms with Gasteiger partial charge in [-0.25, -0.2) is 4.98 Å². The van der Waals surface area contributed by atoms with Crippen molar-refractivity contribution in [2.75, 3.05) is 13.6 Å². The van der Waals surface area contributed by atoms with E-state index in [0.29, 0.717) is 0 Å². The lowest BCUT2D eigenvalue weighted by atomic mass is 9.77. The number of nitrogens with zero attached hydrogens (tertiary/aromatic N) is 3. The third-order valence-electron chi connectivity index (χ3n) is 3.97. The Morgan fingerprint density at radius 1 is 1.35 bits per heavy atom. The van der Waals surface area contributed by atoms with Crippen LogP contribution in [0.1, 0.15) is 38.4 Å². The van der Waals surface area contributed by atoms with Crippen LogP contribution in [0.2, 0.25) is 0 Å². The second-order valence-electron chi connectivity index (χ2n) is 5.06. The molecule has 2 unspecified atom stereocenters. The second kappa shape index (κ2) is 6.15. The third kappa shape index (κ3) is 3.06. The first-order valence-corrected chi connectivity index (χ1v) is 6.86. The molecule has 2 rings (SSSR count). The molecule has 17 heavy (non-hydrogen) atoms. The van der Waals surface area contributed by atoms with Crippen LogP contribution in [-0.4, -0.2) is 28.4 Å². The van der Waals surface area contributed by atoms with Crippen molar-refractivity contribution >= 4 is 0 Å². The summed E-state index contributed by atoms with van der Waals surface area (Å²) in [5.41, 5.74) is 0. The Labute approximate surface area is 104 Å². The third-order valence-corrected chi connectivity index (χ3v) is 3.97. The van der Waals surface area contributed by atoms with Crippen LogP contribution in [0.3, 0.4) is 0 Å². The van der Waals surface area contributed by atoms with Gasteiger partial charge in [-0.1, -0.05) is 12.8 Å². The highest BCUT2D eigenvalue weighted by atomic mass is 15.3. The summed E-state index contributed by atoms with van der Waals surface area (Å²) >= 11 is 0. The van der Waals surface area contributed by atoms with Crippen molar-refractivity contribution in [3.05, 3.63) is 12.2 Å². The van der Waals surface area contributed by atoms with E-state index in [1.165, 1.54) is 31.5 Å². The lowest BCUT2D eigenvalue weighted by Crippen LogP contribution is -2.30. The highest BCUT2D eigenvalue weighted by Gasteiger charge is 2.25. The number of rotatable bonds is 5. The Balaban J connectivity index is 2.00. The zero-order valence-corrected chi connectivity index (χ0v) is 11.0.